The zero-order valence-electron chi connectivity index (χ0n) is 3.64. The van der Waals surface area contributed by atoms with Crippen LogP contribution in [0.3, 0.4) is 0 Å². The minimum atomic E-state index is -2.28. The average Bonchev–Trinajstić information content (AvgIpc) is 2.12. The molecule has 0 amide bonds. The highest BCUT2D eigenvalue weighted by Gasteiger charge is 2.12. The van der Waals surface area contributed by atoms with Crippen molar-refractivity contribution in [3.05, 3.63) is 0 Å². The van der Waals surface area contributed by atoms with E-state index in [4.69, 9.17) is 0 Å². The molecule has 0 saturated heterocycles. The first-order valence-electron chi connectivity index (χ1n) is 1.71. The van der Waals surface area contributed by atoms with Crippen LogP contribution in [0.15, 0.2) is 10.3 Å². The fourth-order valence-corrected chi connectivity index (χ4v) is 0.484. The summed E-state index contributed by atoms with van der Waals surface area (Å²) in [7, 11) is -2.28. The summed E-state index contributed by atoms with van der Waals surface area (Å²) >= 11 is 0. The second-order valence-electron chi connectivity index (χ2n) is 1.01. The van der Waals surface area contributed by atoms with E-state index in [-0.39, 0.29) is 4.99 Å². The summed E-state index contributed by atoms with van der Waals surface area (Å²) in [4.78, 5) is -0.120. The van der Waals surface area contributed by atoms with Crippen molar-refractivity contribution in [2.24, 2.45) is 10.3 Å². The Morgan fingerprint density at radius 3 is 2.62 bits per heavy atom. The van der Waals surface area contributed by atoms with Crippen LogP contribution in [-0.2, 0) is 10.3 Å². The van der Waals surface area contributed by atoms with E-state index in [1.807, 2.05) is 0 Å². The molecule has 0 aromatic rings. The molecular weight excluding hydrogens is 130 g/mol. The van der Waals surface area contributed by atoms with Gasteiger partial charge in [0, 0.05) is 0 Å². The third kappa shape index (κ3) is 0.784. The summed E-state index contributed by atoms with van der Waals surface area (Å²) in [5, 5.41) is 9.38. The molecule has 0 unspecified atom stereocenters. The molecule has 1 radical (unpaired) electrons. The van der Waals surface area contributed by atoms with E-state index in [0.717, 1.165) is 6.21 Å². The molecule has 0 bridgehead atoms. The van der Waals surface area contributed by atoms with E-state index >= 15 is 0 Å². The van der Waals surface area contributed by atoms with Crippen LogP contribution in [0.25, 0.3) is 0 Å². The molecule has 1 aliphatic heterocycles. The normalized spacial score (nSPS) is 15.2. The first-order valence-corrected chi connectivity index (χ1v) is 2.78. The topological polar surface area (TPSA) is 73.0 Å². The van der Waals surface area contributed by atoms with Crippen LogP contribution in [0.5, 0.6) is 0 Å². The fourth-order valence-electron chi connectivity index (χ4n) is 0.247. The van der Waals surface area contributed by atoms with E-state index < -0.39 is 10.3 Å². The van der Waals surface area contributed by atoms with Crippen LogP contribution >= 0.6 is 0 Å². The smallest absolute Gasteiger partial charge is 0.180 e. The predicted molar refractivity (Wildman–Crippen MR) is 27.0 cm³/mol. The first-order chi connectivity index (χ1) is 3.80. The highest BCUT2D eigenvalue weighted by Crippen LogP contribution is 1.78. The molecule has 0 fully saturated rings. The molecule has 0 aromatic carbocycles. The van der Waals surface area contributed by atoms with Crippen molar-refractivity contribution in [2.45, 2.75) is 0 Å². The van der Waals surface area contributed by atoms with E-state index in [1.165, 1.54) is 0 Å². The van der Waals surface area contributed by atoms with Crippen molar-refractivity contribution in [1.29, 1.82) is 0 Å². The number of hydrogen-bond acceptors (Lipinski definition) is 4. The van der Waals surface area contributed by atoms with Gasteiger partial charge in [0.15, 0.2) is 5.22 Å². The largest absolute Gasteiger partial charge is 0.366 e. The van der Waals surface area contributed by atoms with Gasteiger partial charge in [0.05, 0.1) is 10.2 Å². The zero-order chi connectivity index (χ0) is 5.98. The minimum absolute atomic E-state index is 0.120. The van der Waals surface area contributed by atoms with Gasteiger partial charge in [-0.05, 0) is 0 Å². The molecular formula is C2HN3O2S+. The quantitative estimate of drug-likeness (QED) is 0.386. The molecule has 1 heterocycles. The Morgan fingerprint density at radius 1 is 1.62 bits per heavy atom. The third-order valence-electron chi connectivity index (χ3n) is 0.534. The van der Waals surface area contributed by atoms with Crippen LogP contribution in [-0.4, -0.2) is 19.6 Å². The third-order valence-corrected chi connectivity index (χ3v) is 1.06. The van der Waals surface area contributed by atoms with Crippen molar-refractivity contribution in [1.82, 2.24) is 5.10 Å². The lowest BCUT2D eigenvalue weighted by atomic mass is 10.8. The van der Waals surface area contributed by atoms with Crippen molar-refractivity contribution < 1.29 is 8.42 Å². The molecule has 0 atom stereocenters. The maximum atomic E-state index is 9.92. The second-order valence-corrected chi connectivity index (χ2v) is 1.89. The number of nitrogens with zero attached hydrogens (tertiary/aromatic N) is 3. The molecule has 8 heavy (non-hydrogen) atoms. The molecule has 0 saturated carbocycles. The Labute approximate surface area is 46.3 Å². The molecule has 0 aliphatic carbocycles. The molecule has 0 aromatic heterocycles. The van der Waals surface area contributed by atoms with Crippen LogP contribution in [0, 0.1) is 0 Å². The zero-order valence-corrected chi connectivity index (χ0v) is 4.46. The Kier molecular flexibility index (Phi) is 1.17. The molecule has 41 valence electrons. The Balaban J connectivity index is 3.29. The van der Waals surface area contributed by atoms with Crippen molar-refractivity contribution in [2.75, 3.05) is 0 Å². The van der Waals surface area contributed by atoms with E-state index in [9.17, 15) is 8.42 Å². The van der Waals surface area contributed by atoms with Gasteiger partial charge in [-0.3, -0.25) is 0 Å². The first kappa shape index (κ1) is 5.10. The van der Waals surface area contributed by atoms with Crippen LogP contribution in [0.2, 0.25) is 0 Å². The molecule has 5 nitrogen and oxygen atoms in total. The lowest BCUT2D eigenvalue weighted by Crippen LogP contribution is -1.92. The fraction of sp³-hybridized carbons (Fsp3) is 0. The van der Waals surface area contributed by atoms with Gasteiger partial charge in [-0.25, -0.2) is 0 Å². The van der Waals surface area contributed by atoms with Crippen molar-refractivity contribution >= 4 is 21.5 Å². The van der Waals surface area contributed by atoms with Gasteiger partial charge >= 0.3 is 4.99 Å². The van der Waals surface area contributed by atoms with Gasteiger partial charge in [0.2, 0.25) is 6.21 Å². The van der Waals surface area contributed by atoms with Crippen LogP contribution < -0.4 is 5.10 Å². The molecule has 1 aliphatic rings. The van der Waals surface area contributed by atoms with Gasteiger partial charge in [0.1, 0.15) is 0 Å². The van der Waals surface area contributed by atoms with Crippen LogP contribution in [0.1, 0.15) is 0 Å². The monoisotopic (exact) mass is 131 g/mol. The maximum absolute atomic E-state index is 9.92. The van der Waals surface area contributed by atoms with Gasteiger partial charge in [-0.1, -0.05) is 0 Å². The average molecular weight is 131 g/mol. The summed E-state index contributed by atoms with van der Waals surface area (Å²) < 4.78 is 19.8. The standard InChI is InChI=1S/C2HN3O2S/c6-8(7)2-1-3-5-4-2/h1H/q+1. The Bertz CT molecular complexity index is 250. The van der Waals surface area contributed by atoms with Crippen molar-refractivity contribution in [3.63, 3.8) is 0 Å². The second kappa shape index (κ2) is 1.83. The lowest BCUT2D eigenvalue weighted by Gasteiger charge is -1.49. The van der Waals surface area contributed by atoms with Gasteiger partial charge in [-0.2, -0.15) is 8.42 Å². The van der Waals surface area contributed by atoms with Gasteiger partial charge < -0.3 is 0 Å². The molecule has 0 spiro atoms. The summed E-state index contributed by atoms with van der Waals surface area (Å²) in [6, 6.07) is 0. The predicted octanol–water partition coefficient (Wildman–Crippen LogP) is -1.22. The highest BCUT2D eigenvalue weighted by molar-refractivity contribution is 7.74. The SMILES string of the molecule is O=S(=O)=C1C=[N+]N=N1. The van der Waals surface area contributed by atoms with Crippen molar-refractivity contribution in [3.8, 4) is 0 Å². The van der Waals surface area contributed by atoms with Gasteiger partial charge in [0.25, 0.3) is 10.3 Å². The Morgan fingerprint density at radius 2 is 2.38 bits per heavy atom. The number of hydrogen-bond donors (Lipinski definition) is 0. The number of rotatable bonds is 0. The Hall–Kier alpha value is -1.04. The van der Waals surface area contributed by atoms with Crippen LogP contribution in [0.4, 0.5) is 0 Å². The summed E-state index contributed by atoms with van der Waals surface area (Å²) in [5.41, 5.74) is 0. The van der Waals surface area contributed by atoms with E-state index in [0.29, 0.717) is 0 Å². The maximum Gasteiger partial charge on any atom is 0.366 e. The summed E-state index contributed by atoms with van der Waals surface area (Å²) in [6.45, 7) is 0. The van der Waals surface area contributed by atoms with E-state index in [2.05, 4.69) is 15.4 Å². The summed E-state index contributed by atoms with van der Waals surface area (Å²) in [5.74, 6) is 0. The lowest BCUT2D eigenvalue weighted by molar-refractivity contribution is 0.627. The highest BCUT2D eigenvalue weighted by atomic mass is 32.2. The molecule has 1 rings (SSSR count). The summed E-state index contributed by atoms with van der Waals surface area (Å²) in [6.07, 6.45) is 1.07. The molecule has 0 N–H and O–H groups in total. The van der Waals surface area contributed by atoms with Gasteiger partial charge in [-0.15, -0.1) is 0 Å². The molecule has 6 heteroatoms. The minimum Gasteiger partial charge on any atom is -0.180 e. The van der Waals surface area contributed by atoms with E-state index in [1.54, 1.807) is 0 Å².